The van der Waals surface area contributed by atoms with E-state index >= 15 is 0 Å². The van der Waals surface area contributed by atoms with Crippen molar-refractivity contribution in [1.82, 2.24) is 0 Å². The number of hydrogen-bond acceptors (Lipinski definition) is 4. The Kier molecular flexibility index (Phi) is 6.50. The second-order valence-electron chi connectivity index (χ2n) is 13.7. The summed E-state index contributed by atoms with van der Waals surface area (Å²) in [4.78, 5) is 0. The fourth-order valence-electron chi connectivity index (χ4n) is 9.87. The summed E-state index contributed by atoms with van der Waals surface area (Å²) >= 11 is 0. The molecule has 4 heteroatoms. The normalized spacial score (nSPS) is 48.4. The van der Waals surface area contributed by atoms with E-state index in [1.807, 2.05) is 0 Å². The molecule has 0 radical (unpaired) electrons. The Bertz CT molecular complexity index is 702. The van der Waals surface area contributed by atoms with Crippen LogP contribution in [0.4, 0.5) is 0 Å². The first kappa shape index (κ1) is 24.5. The van der Waals surface area contributed by atoms with Crippen molar-refractivity contribution < 1.29 is 19.7 Å². The third-order valence-electron chi connectivity index (χ3n) is 11.9. The first-order chi connectivity index (χ1) is 15.6. The average Bonchev–Trinajstić information content (AvgIpc) is 3.37. The molecule has 0 amide bonds. The summed E-state index contributed by atoms with van der Waals surface area (Å²) in [5, 5.41) is 22.0. The molecule has 5 rings (SSSR count). The summed E-state index contributed by atoms with van der Waals surface area (Å²) in [6.45, 7) is 13.3. The van der Waals surface area contributed by atoms with Crippen LogP contribution in [0.25, 0.3) is 0 Å². The van der Waals surface area contributed by atoms with E-state index in [1.54, 1.807) is 0 Å². The van der Waals surface area contributed by atoms with Crippen LogP contribution >= 0.6 is 0 Å². The molecule has 10 atom stereocenters. The monoisotopic (exact) mass is 462 g/mol. The maximum absolute atomic E-state index is 11.6. The average molecular weight is 463 g/mol. The summed E-state index contributed by atoms with van der Waals surface area (Å²) in [6, 6.07) is 0. The zero-order valence-corrected chi connectivity index (χ0v) is 21.9. The number of ether oxygens (including phenoxy) is 2. The molecule has 5 fully saturated rings. The van der Waals surface area contributed by atoms with E-state index in [0.29, 0.717) is 46.3 Å². The van der Waals surface area contributed by atoms with Gasteiger partial charge in [0, 0.05) is 12.8 Å². The van der Waals surface area contributed by atoms with Gasteiger partial charge in [-0.2, -0.15) is 0 Å². The molecule has 33 heavy (non-hydrogen) atoms. The molecule has 1 aliphatic heterocycles. The highest BCUT2D eigenvalue weighted by atomic mass is 16.7. The highest BCUT2D eigenvalue weighted by Gasteiger charge is 2.64. The van der Waals surface area contributed by atoms with E-state index in [4.69, 9.17) is 9.47 Å². The quantitative estimate of drug-likeness (QED) is 0.543. The van der Waals surface area contributed by atoms with Crippen LogP contribution in [-0.2, 0) is 9.47 Å². The largest absolute Gasteiger partial charge is 0.393 e. The molecule has 5 aliphatic rings. The zero-order valence-electron chi connectivity index (χ0n) is 21.9. The maximum atomic E-state index is 11.6. The van der Waals surface area contributed by atoms with Gasteiger partial charge in [-0.15, -0.1) is 0 Å². The Balaban J connectivity index is 1.31. The number of fused-ring (bicyclic) bond motifs is 5. The van der Waals surface area contributed by atoms with Crippen LogP contribution in [0.5, 0.6) is 0 Å². The Morgan fingerprint density at radius 3 is 2.27 bits per heavy atom. The fourth-order valence-corrected chi connectivity index (χ4v) is 9.87. The van der Waals surface area contributed by atoms with Gasteiger partial charge in [0.25, 0.3) is 0 Å². The summed E-state index contributed by atoms with van der Waals surface area (Å²) in [6.07, 6.45) is 11.0. The molecule has 4 saturated carbocycles. The second-order valence-corrected chi connectivity index (χ2v) is 13.7. The van der Waals surface area contributed by atoms with Gasteiger partial charge in [-0.3, -0.25) is 0 Å². The molecule has 0 aromatic carbocycles. The first-order valence-corrected chi connectivity index (χ1v) is 14.2. The number of aliphatic hydroxyl groups excluding tert-OH is 2. The molecular weight excluding hydrogens is 412 g/mol. The lowest BCUT2D eigenvalue weighted by Crippen LogP contribution is -2.60. The van der Waals surface area contributed by atoms with Crippen LogP contribution in [0.2, 0.25) is 0 Å². The minimum absolute atomic E-state index is 0.173. The zero-order chi connectivity index (χ0) is 23.6. The van der Waals surface area contributed by atoms with Gasteiger partial charge in [0.2, 0.25) is 0 Å². The van der Waals surface area contributed by atoms with Crippen molar-refractivity contribution in [3.05, 3.63) is 0 Å². The maximum Gasteiger partial charge on any atom is 0.168 e. The highest BCUT2D eigenvalue weighted by Crippen LogP contribution is 2.69. The number of hydrogen-bond donors (Lipinski definition) is 2. The lowest BCUT2D eigenvalue weighted by molar-refractivity contribution is -0.243. The van der Waals surface area contributed by atoms with Crippen molar-refractivity contribution in [1.29, 1.82) is 0 Å². The predicted molar refractivity (Wildman–Crippen MR) is 130 cm³/mol. The van der Waals surface area contributed by atoms with Crippen molar-refractivity contribution in [2.75, 3.05) is 13.2 Å². The van der Waals surface area contributed by atoms with Gasteiger partial charge in [-0.25, -0.2) is 0 Å². The Hall–Kier alpha value is -0.160. The number of rotatable bonds is 5. The van der Waals surface area contributed by atoms with Crippen LogP contribution in [-0.4, -0.2) is 41.4 Å². The molecule has 0 bridgehead atoms. The van der Waals surface area contributed by atoms with E-state index in [9.17, 15) is 10.2 Å². The van der Waals surface area contributed by atoms with E-state index < -0.39 is 0 Å². The van der Waals surface area contributed by atoms with Crippen LogP contribution < -0.4 is 0 Å². The van der Waals surface area contributed by atoms with Crippen LogP contribution in [0.15, 0.2) is 0 Å². The molecule has 1 heterocycles. The molecule has 1 saturated heterocycles. The van der Waals surface area contributed by atoms with Crippen molar-refractivity contribution >= 4 is 0 Å². The first-order valence-electron chi connectivity index (χ1n) is 14.2. The van der Waals surface area contributed by atoms with Gasteiger partial charge >= 0.3 is 0 Å². The van der Waals surface area contributed by atoms with E-state index in [-0.39, 0.29) is 18.0 Å². The molecule has 7 unspecified atom stereocenters. The molecule has 4 nitrogen and oxygen atoms in total. The molecule has 0 aromatic rings. The molecular formula is C29H50O4. The Morgan fingerprint density at radius 2 is 1.58 bits per heavy atom. The minimum atomic E-state index is -0.353. The molecule has 4 aliphatic carbocycles. The van der Waals surface area contributed by atoms with Crippen LogP contribution in [0.3, 0.4) is 0 Å². The van der Waals surface area contributed by atoms with Gasteiger partial charge in [-0.05, 0) is 104 Å². The van der Waals surface area contributed by atoms with Gasteiger partial charge in [-0.1, -0.05) is 34.6 Å². The number of aliphatic hydroxyl groups is 2. The highest BCUT2D eigenvalue weighted by molar-refractivity contribution is 5.12. The summed E-state index contributed by atoms with van der Waals surface area (Å²) in [5.41, 5.74) is 0.665. The topological polar surface area (TPSA) is 58.9 Å². The standard InChI is InChI=1S/C29H50O4/c1-18(2)24(30)9-6-19(3)21-7-8-22-26-23(10-11-28(21,22)5)27(4)12-13-29(32-14-15-33-29)17-20(27)16-25(26)31/h18-26,30-31H,6-17H2,1-5H3/t19-,20+,21?,22?,23?,24?,25-,26?,27?,28?/m1/s1. The summed E-state index contributed by atoms with van der Waals surface area (Å²) in [7, 11) is 0. The molecule has 0 aromatic heterocycles. The fraction of sp³-hybridized carbons (Fsp3) is 1.00. The van der Waals surface area contributed by atoms with E-state index in [2.05, 4.69) is 34.6 Å². The van der Waals surface area contributed by atoms with Gasteiger partial charge in [0.1, 0.15) is 0 Å². The van der Waals surface area contributed by atoms with Crippen LogP contribution in [0.1, 0.15) is 98.8 Å². The van der Waals surface area contributed by atoms with Gasteiger partial charge in [0.05, 0.1) is 25.4 Å². The third-order valence-corrected chi connectivity index (χ3v) is 11.9. The van der Waals surface area contributed by atoms with Crippen molar-refractivity contribution in [2.45, 2.75) is 117 Å². The van der Waals surface area contributed by atoms with Crippen molar-refractivity contribution in [3.63, 3.8) is 0 Å². The molecule has 190 valence electrons. The second kappa shape index (κ2) is 8.75. The lowest BCUT2D eigenvalue weighted by Gasteiger charge is -2.63. The van der Waals surface area contributed by atoms with Crippen molar-refractivity contribution in [3.8, 4) is 0 Å². The molecule has 2 N–H and O–H groups in total. The predicted octanol–water partition coefficient (Wildman–Crippen LogP) is 5.79. The van der Waals surface area contributed by atoms with Crippen LogP contribution in [0, 0.1) is 52.3 Å². The van der Waals surface area contributed by atoms with Crippen molar-refractivity contribution in [2.24, 2.45) is 52.3 Å². The third kappa shape index (κ3) is 3.94. The summed E-state index contributed by atoms with van der Waals surface area (Å²) < 4.78 is 12.2. The minimum Gasteiger partial charge on any atom is -0.393 e. The Labute approximate surface area is 202 Å². The smallest absolute Gasteiger partial charge is 0.168 e. The van der Waals surface area contributed by atoms with Gasteiger partial charge in [0.15, 0.2) is 5.79 Å². The van der Waals surface area contributed by atoms with E-state index in [0.717, 1.165) is 51.2 Å². The van der Waals surface area contributed by atoms with Gasteiger partial charge < -0.3 is 19.7 Å². The molecule has 1 spiro atoms. The lowest BCUT2D eigenvalue weighted by atomic mass is 9.43. The van der Waals surface area contributed by atoms with E-state index in [1.165, 1.54) is 32.1 Å². The Morgan fingerprint density at radius 1 is 0.879 bits per heavy atom. The SMILES string of the molecule is CC(C)C(O)CC[C@@H](C)C1CCC2C3C(CCC21C)C1(C)CCC2(C[C@@H]1C[C@H]3O)OCCO2. The summed E-state index contributed by atoms with van der Waals surface area (Å²) in [5.74, 6) is 3.65.